The van der Waals surface area contributed by atoms with Crippen LogP contribution in [0.15, 0.2) is 30.5 Å². The Bertz CT molecular complexity index is 652. The van der Waals surface area contributed by atoms with Crippen LogP contribution in [0.5, 0.6) is 0 Å². The van der Waals surface area contributed by atoms with Gasteiger partial charge in [-0.15, -0.1) is 5.10 Å². The first-order valence-electron chi connectivity index (χ1n) is 6.37. The van der Waals surface area contributed by atoms with Crippen molar-refractivity contribution < 1.29 is 9.59 Å². The number of hydrogen-bond acceptors (Lipinski definition) is 5. The van der Waals surface area contributed by atoms with Gasteiger partial charge < -0.3 is 16.4 Å². The second-order valence-electron chi connectivity index (χ2n) is 4.27. The smallest absolute Gasteiger partial charge is 0.277 e. The Kier molecular flexibility index (Phi) is 4.62. The van der Waals surface area contributed by atoms with Crippen molar-refractivity contribution >= 4 is 17.5 Å². The minimum atomic E-state index is -0.396. The average Bonchev–Trinajstić information content (AvgIpc) is 2.96. The molecule has 8 nitrogen and oxygen atoms in total. The third kappa shape index (κ3) is 3.63. The third-order valence-corrected chi connectivity index (χ3v) is 2.74. The second-order valence-corrected chi connectivity index (χ2v) is 4.27. The maximum Gasteiger partial charge on any atom is 0.277 e. The number of rotatable bonds is 5. The van der Waals surface area contributed by atoms with Crippen LogP contribution in [0, 0.1) is 0 Å². The second kappa shape index (κ2) is 6.62. The van der Waals surface area contributed by atoms with Gasteiger partial charge in [0, 0.05) is 24.8 Å². The summed E-state index contributed by atoms with van der Waals surface area (Å²) in [6.07, 6.45) is 1.52. The van der Waals surface area contributed by atoms with Crippen LogP contribution >= 0.6 is 0 Å². The van der Waals surface area contributed by atoms with E-state index in [4.69, 9.17) is 5.73 Å². The highest BCUT2D eigenvalue weighted by molar-refractivity contribution is 6.03. The first-order chi connectivity index (χ1) is 10.1. The molecule has 0 spiro atoms. The summed E-state index contributed by atoms with van der Waals surface area (Å²) >= 11 is 0. The molecule has 1 aromatic carbocycles. The maximum absolute atomic E-state index is 12.0. The van der Waals surface area contributed by atoms with Crippen LogP contribution in [-0.2, 0) is 6.54 Å². The fourth-order valence-electron chi connectivity index (χ4n) is 1.72. The number of nitrogens with zero attached hydrogens (tertiary/aromatic N) is 3. The summed E-state index contributed by atoms with van der Waals surface area (Å²) in [6.45, 7) is 0.908. The largest absolute Gasteiger partial charge is 0.355 e. The topological polar surface area (TPSA) is 115 Å². The van der Waals surface area contributed by atoms with Crippen molar-refractivity contribution in [2.24, 2.45) is 5.73 Å². The Labute approximate surface area is 121 Å². The van der Waals surface area contributed by atoms with E-state index >= 15 is 0 Å². The number of benzene rings is 1. The highest BCUT2D eigenvalue weighted by atomic mass is 16.2. The summed E-state index contributed by atoms with van der Waals surface area (Å²) in [6, 6.07) is 6.62. The Hall–Kier alpha value is -2.74. The van der Waals surface area contributed by atoms with E-state index in [9.17, 15) is 9.59 Å². The minimum Gasteiger partial charge on any atom is -0.355 e. The lowest BCUT2D eigenvalue weighted by molar-refractivity contribution is 0.0961. The molecule has 2 rings (SSSR count). The van der Waals surface area contributed by atoms with E-state index in [1.54, 1.807) is 31.3 Å². The van der Waals surface area contributed by atoms with Crippen molar-refractivity contribution in [1.82, 2.24) is 20.3 Å². The molecule has 0 saturated heterocycles. The molecule has 0 radical (unpaired) electrons. The SMILES string of the molecule is CNC(=O)c1cccc(NC(=O)c2cn(CCN)nn2)c1. The molecule has 0 unspecified atom stereocenters. The van der Waals surface area contributed by atoms with Gasteiger partial charge in [0.15, 0.2) is 5.69 Å². The summed E-state index contributed by atoms with van der Waals surface area (Å²) in [5, 5.41) is 12.7. The van der Waals surface area contributed by atoms with Crippen molar-refractivity contribution in [3.63, 3.8) is 0 Å². The number of nitrogens with two attached hydrogens (primary N) is 1. The van der Waals surface area contributed by atoms with Crippen LogP contribution in [0.1, 0.15) is 20.8 Å². The van der Waals surface area contributed by atoms with Crippen LogP contribution in [0.25, 0.3) is 0 Å². The van der Waals surface area contributed by atoms with Crippen LogP contribution in [0.2, 0.25) is 0 Å². The number of nitrogens with one attached hydrogen (secondary N) is 2. The number of amides is 2. The van der Waals surface area contributed by atoms with E-state index in [0.717, 1.165) is 0 Å². The highest BCUT2D eigenvalue weighted by Gasteiger charge is 2.12. The predicted molar refractivity (Wildman–Crippen MR) is 76.9 cm³/mol. The molecule has 4 N–H and O–H groups in total. The standard InChI is InChI=1S/C13H16N6O2/c1-15-12(20)9-3-2-4-10(7-9)16-13(21)11-8-19(6-5-14)18-17-11/h2-4,7-8H,5-6,14H2,1H3,(H,15,20)(H,16,21). The summed E-state index contributed by atoms with van der Waals surface area (Å²) in [5.74, 6) is -0.618. The lowest BCUT2D eigenvalue weighted by Crippen LogP contribution is -2.18. The van der Waals surface area contributed by atoms with Crippen molar-refractivity contribution in [2.45, 2.75) is 6.54 Å². The summed E-state index contributed by atoms with van der Waals surface area (Å²) in [4.78, 5) is 23.6. The first-order valence-corrected chi connectivity index (χ1v) is 6.37. The van der Waals surface area contributed by atoms with Gasteiger partial charge in [-0.2, -0.15) is 0 Å². The fourth-order valence-corrected chi connectivity index (χ4v) is 1.72. The van der Waals surface area contributed by atoms with E-state index in [1.165, 1.54) is 10.9 Å². The third-order valence-electron chi connectivity index (χ3n) is 2.74. The van der Waals surface area contributed by atoms with E-state index in [2.05, 4.69) is 20.9 Å². The zero-order valence-electron chi connectivity index (χ0n) is 11.5. The van der Waals surface area contributed by atoms with Crippen molar-refractivity contribution in [2.75, 3.05) is 18.9 Å². The minimum absolute atomic E-state index is 0.189. The van der Waals surface area contributed by atoms with E-state index < -0.39 is 5.91 Å². The molecule has 8 heteroatoms. The molecule has 0 aliphatic rings. The van der Waals surface area contributed by atoms with Crippen molar-refractivity contribution in [3.05, 3.63) is 41.7 Å². The van der Waals surface area contributed by atoms with Gasteiger partial charge in [-0.25, -0.2) is 0 Å². The zero-order valence-corrected chi connectivity index (χ0v) is 11.5. The molecular formula is C13H16N6O2. The molecule has 0 saturated carbocycles. The fraction of sp³-hybridized carbons (Fsp3) is 0.231. The van der Waals surface area contributed by atoms with Crippen molar-refractivity contribution in [1.29, 1.82) is 0 Å². The summed E-state index contributed by atoms with van der Waals surface area (Å²) < 4.78 is 1.50. The van der Waals surface area contributed by atoms with Crippen LogP contribution in [-0.4, -0.2) is 40.4 Å². The maximum atomic E-state index is 12.0. The van der Waals surface area contributed by atoms with Gasteiger partial charge >= 0.3 is 0 Å². The molecule has 21 heavy (non-hydrogen) atoms. The molecule has 0 aliphatic carbocycles. The van der Waals surface area contributed by atoms with Crippen LogP contribution in [0.3, 0.4) is 0 Å². The molecule has 0 bridgehead atoms. The summed E-state index contributed by atoms with van der Waals surface area (Å²) in [5.41, 5.74) is 6.56. The summed E-state index contributed by atoms with van der Waals surface area (Å²) in [7, 11) is 1.54. The van der Waals surface area contributed by atoms with Crippen LogP contribution in [0.4, 0.5) is 5.69 Å². The first kappa shape index (κ1) is 14.7. The predicted octanol–water partition coefficient (Wildman–Crippen LogP) is -0.151. The van der Waals surface area contributed by atoms with E-state index in [1.807, 2.05) is 0 Å². The number of carbonyl (C=O) groups is 2. The molecule has 0 aliphatic heterocycles. The van der Waals surface area contributed by atoms with Gasteiger partial charge in [0.25, 0.3) is 11.8 Å². The molecule has 2 amide bonds. The lowest BCUT2D eigenvalue weighted by atomic mass is 10.2. The number of aromatic nitrogens is 3. The molecule has 0 fully saturated rings. The quantitative estimate of drug-likeness (QED) is 0.707. The monoisotopic (exact) mass is 288 g/mol. The van der Waals surface area contributed by atoms with Gasteiger partial charge in [-0.3, -0.25) is 14.3 Å². The molecule has 1 aromatic heterocycles. The van der Waals surface area contributed by atoms with Gasteiger partial charge in [-0.05, 0) is 18.2 Å². The molecular weight excluding hydrogens is 272 g/mol. The Morgan fingerprint density at radius 1 is 1.33 bits per heavy atom. The zero-order chi connectivity index (χ0) is 15.2. The van der Waals surface area contributed by atoms with Gasteiger partial charge in [0.05, 0.1) is 12.7 Å². The molecule has 0 atom stereocenters. The molecule has 2 aromatic rings. The lowest BCUT2D eigenvalue weighted by Gasteiger charge is -2.05. The molecule has 1 heterocycles. The number of carbonyl (C=O) groups excluding carboxylic acids is 2. The molecule has 110 valence electrons. The Morgan fingerprint density at radius 2 is 2.14 bits per heavy atom. The van der Waals surface area contributed by atoms with Crippen LogP contribution < -0.4 is 16.4 Å². The Morgan fingerprint density at radius 3 is 2.86 bits per heavy atom. The average molecular weight is 288 g/mol. The van der Waals surface area contributed by atoms with Gasteiger partial charge in [-0.1, -0.05) is 11.3 Å². The highest BCUT2D eigenvalue weighted by Crippen LogP contribution is 2.11. The van der Waals surface area contributed by atoms with Gasteiger partial charge in [0.2, 0.25) is 0 Å². The van der Waals surface area contributed by atoms with E-state index in [0.29, 0.717) is 24.3 Å². The van der Waals surface area contributed by atoms with E-state index in [-0.39, 0.29) is 11.6 Å². The normalized spacial score (nSPS) is 10.2. The number of hydrogen-bond donors (Lipinski definition) is 3. The number of anilines is 1. The Balaban J connectivity index is 2.09. The van der Waals surface area contributed by atoms with Gasteiger partial charge in [0.1, 0.15) is 0 Å². The van der Waals surface area contributed by atoms with Crippen molar-refractivity contribution in [3.8, 4) is 0 Å².